The number of hydrogen-bond donors (Lipinski definition) is 0. The molecule has 1 unspecified atom stereocenters. The van der Waals surface area contributed by atoms with E-state index < -0.39 is 10.3 Å². The molecular formula is C15H12BrClFNO2. The Morgan fingerprint density at radius 1 is 1.33 bits per heavy atom. The second kappa shape index (κ2) is 6.12. The lowest BCUT2D eigenvalue weighted by Gasteiger charge is -2.20. The first-order chi connectivity index (χ1) is 9.84. The molecule has 0 amide bonds. The Hall–Kier alpha value is -1.46. The van der Waals surface area contributed by atoms with Gasteiger partial charge in [-0.25, -0.2) is 9.37 Å². The molecule has 0 radical (unpaired) electrons. The van der Waals surface area contributed by atoms with E-state index in [1.54, 1.807) is 31.2 Å². The molecule has 0 aliphatic rings. The Labute approximate surface area is 135 Å². The average molecular weight is 373 g/mol. The summed E-state index contributed by atoms with van der Waals surface area (Å²) in [6.45, 7) is 1.67. The molecule has 2 aromatic rings. The highest BCUT2D eigenvalue weighted by Gasteiger charge is 2.34. The fourth-order valence-electron chi connectivity index (χ4n) is 1.85. The number of carbonyl (C=O) groups excluding carboxylic acids is 1. The van der Waals surface area contributed by atoms with E-state index in [1.807, 2.05) is 0 Å². The molecule has 0 saturated heterocycles. The molecule has 3 nitrogen and oxygen atoms in total. The normalized spacial score (nSPS) is 13.6. The quantitative estimate of drug-likeness (QED) is 0.457. The van der Waals surface area contributed by atoms with Crippen molar-refractivity contribution >= 4 is 33.5 Å². The van der Waals surface area contributed by atoms with Crippen LogP contribution in [0, 0.1) is 5.82 Å². The van der Waals surface area contributed by atoms with E-state index in [0.29, 0.717) is 16.8 Å². The minimum atomic E-state index is -1.04. The van der Waals surface area contributed by atoms with Crippen molar-refractivity contribution in [1.82, 2.24) is 4.98 Å². The molecule has 1 aromatic carbocycles. The van der Waals surface area contributed by atoms with Crippen LogP contribution >= 0.6 is 27.5 Å². The summed E-state index contributed by atoms with van der Waals surface area (Å²) in [5.41, 5.74) is 1.86. The zero-order valence-electron chi connectivity index (χ0n) is 11.4. The van der Waals surface area contributed by atoms with Crippen LogP contribution in [0.15, 0.2) is 36.4 Å². The average Bonchev–Trinajstić information content (AvgIpc) is 2.46. The highest BCUT2D eigenvalue weighted by atomic mass is 79.9. The molecule has 1 heterocycles. The first kappa shape index (κ1) is 15.9. The molecule has 1 atom stereocenters. The van der Waals surface area contributed by atoms with Crippen LogP contribution in [-0.2, 0) is 13.9 Å². The van der Waals surface area contributed by atoms with Gasteiger partial charge in [-0.2, -0.15) is 0 Å². The number of methoxy groups -OCH3 is 1. The van der Waals surface area contributed by atoms with Crippen LogP contribution in [0.4, 0.5) is 4.39 Å². The van der Waals surface area contributed by atoms with Gasteiger partial charge in [-0.15, -0.1) is 0 Å². The second-order valence-electron chi connectivity index (χ2n) is 4.57. The van der Waals surface area contributed by atoms with Crippen LogP contribution in [-0.4, -0.2) is 18.1 Å². The number of nitrogens with zero attached hydrogens (tertiary/aromatic N) is 1. The number of esters is 1. The van der Waals surface area contributed by atoms with Gasteiger partial charge in [0.1, 0.15) is 15.3 Å². The van der Waals surface area contributed by atoms with E-state index in [2.05, 4.69) is 20.9 Å². The Kier molecular flexibility index (Phi) is 4.64. The van der Waals surface area contributed by atoms with Gasteiger partial charge >= 0.3 is 5.97 Å². The smallest absolute Gasteiger partial charge is 0.326 e. The van der Waals surface area contributed by atoms with Gasteiger partial charge in [0.2, 0.25) is 0 Å². The SMILES string of the molecule is COC(=O)C(C)(Br)c1cc(Cl)nc(-c2ccc(F)cc2)c1. The monoisotopic (exact) mass is 371 g/mol. The molecule has 0 saturated carbocycles. The van der Waals surface area contributed by atoms with Gasteiger partial charge in [0, 0.05) is 5.56 Å². The van der Waals surface area contributed by atoms with Crippen LogP contribution in [0.1, 0.15) is 12.5 Å². The van der Waals surface area contributed by atoms with Crippen LogP contribution in [0.5, 0.6) is 0 Å². The van der Waals surface area contributed by atoms with E-state index in [1.165, 1.54) is 19.2 Å². The molecule has 0 bridgehead atoms. The van der Waals surface area contributed by atoms with E-state index in [-0.39, 0.29) is 11.0 Å². The molecular weight excluding hydrogens is 361 g/mol. The molecule has 0 fully saturated rings. The Bertz CT molecular complexity index is 674. The molecule has 21 heavy (non-hydrogen) atoms. The number of hydrogen-bond acceptors (Lipinski definition) is 3. The zero-order valence-corrected chi connectivity index (χ0v) is 13.7. The number of benzene rings is 1. The largest absolute Gasteiger partial charge is 0.468 e. The van der Waals surface area contributed by atoms with Gasteiger partial charge in [-0.05, 0) is 48.9 Å². The number of rotatable bonds is 3. The third-order valence-electron chi connectivity index (χ3n) is 3.04. The highest BCUT2D eigenvalue weighted by Crippen LogP contribution is 2.35. The number of pyridine rings is 1. The number of ether oxygens (including phenoxy) is 1. The van der Waals surface area contributed by atoms with Crippen molar-refractivity contribution in [2.75, 3.05) is 7.11 Å². The lowest BCUT2D eigenvalue weighted by atomic mass is 9.99. The van der Waals surface area contributed by atoms with Gasteiger partial charge in [-0.3, -0.25) is 4.79 Å². The molecule has 1 aromatic heterocycles. The summed E-state index contributed by atoms with van der Waals surface area (Å²) in [6, 6.07) is 9.17. The van der Waals surface area contributed by atoms with Gasteiger partial charge in [0.15, 0.2) is 0 Å². The summed E-state index contributed by atoms with van der Waals surface area (Å²) >= 11 is 9.37. The first-order valence-electron chi connectivity index (χ1n) is 6.06. The predicted octanol–water partition coefficient (Wildman–Crippen LogP) is 4.32. The van der Waals surface area contributed by atoms with E-state index >= 15 is 0 Å². The lowest BCUT2D eigenvalue weighted by Crippen LogP contribution is -2.27. The van der Waals surface area contributed by atoms with E-state index in [0.717, 1.165) is 0 Å². The fraction of sp³-hybridized carbons (Fsp3) is 0.200. The summed E-state index contributed by atoms with van der Waals surface area (Å²) in [5, 5.41) is 0.237. The van der Waals surface area contributed by atoms with Gasteiger partial charge < -0.3 is 4.74 Å². The van der Waals surface area contributed by atoms with E-state index in [4.69, 9.17) is 16.3 Å². The molecule has 0 N–H and O–H groups in total. The molecule has 2 rings (SSSR count). The maximum Gasteiger partial charge on any atom is 0.326 e. The van der Waals surface area contributed by atoms with Crippen molar-refractivity contribution in [2.45, 2.75) is 11.2 Å². The minimum absolute atomic E-state index is 0.237. The molecule has 0 aliphatic carbocycles. The number of halogens is 3. The zero-order chi connectivity index (χ0) is 15.6. The van der Waals surface area contributed by atoms with Crippen molar-refractivity contribution in [3.8, 4) is 11.3 Å². The van der Waals surface area contributed by atoms with Gasteiger partial charge in [0.25, 0.3) is 0 Å². The summed E-state index contributed by atoms with van der Waals surface area (Å²) in [5.74, 6) is -0.782. The second-order valence-corrected chi connectivity index (χ2v) is 6.54. The van der Waals surface area contributed by atoms with Crippen molar-refractivity contribution in [2.24, 2.45) is 0 Å². The van der Waals surface area contributed by atoms with Crippen LogP contribution in [0.3, 0.4) is 0 Å². The van der Waals surface area contributed by atoms with Crippen molar-refractivity contribution in [3.63, 3.8) is 0 Å². The maximum atomic E-state index is 13.0. The molecule has 6 heteroatoms. The van der Waals surface area contributed by atoms with Gasteiger partial charge in [0.05, 0.1) is 12.8 Å². The van der Waals surface area contributed by atoms with Crippen LogP contribution in [0.25, 0.3) is 11.3 Å². The van der Waals surface area contributed by atoms with Crippen molar-refractivity contribution in [1.29, 1.82) is 0 Å². The fourth-order valence-corrected chi connectivity index (χ4v) is 2.45. The van der Waals surface area contributed by atoms with E-state index in [9.17, 15) is 9.18 Å². The van der Waals surface area contributed by atoms with Crippen molar-refractivity contribution in [3.05, 3.63) is 52.9 Å². The Morgan fingerprint density at radius 3 is 2.52 bits per heavy atom. The molecule has 110 valence electrons. The number of aromatic nitrogens is 1. The Balaban J connectivity index is 2.51. The summed E-state index contributed by atoms with van der Waals surface area (Å²) in [6.07, 6.45) is 0. The van der Waals surface area contributed by atoms with Crippen LogP contribution < -0.4 is 0 Å². The first-order valence-corrected chi connectivity index (χ1v) is 7.23. The summed E-state index contributed by atoms with van der Waals surface area (Å²) < 4.78 is 16.7. The maximum absolute atomic E-state index is 13.0. The third-order valence-corrected chi connectivity index (χ3v) is 4.02. The third kappa shape index (κ3) is 3.41. The Morgan fingerprint density at radius 2 is 1.95 bits per heavy atom. The predicted molar refractivity (Wildman–Crippen MR) is 82.9 cm³/mol. The number of alkyl halides is 1. The summed E-state index contributed by atoms with van der Waals surface area (Å²) in [7, 11) is 1.31. The summed E-state index contributed by atoms with van der Waals surface area (Å²) in [4.78, 5) is 16.1. The molecule has 0 aliphatic heterocycles. The molecule has 0 spiro atoms. The minimum Gasteiger partial charge on any atom is -0.468 e. The van der Waals surface area contributed by atoms with Gasteiger partial charge in [-0.1, -0.05) is 27.5 Å². The standard InChI is InChI=1S/C15H12BrClFNO2/c1-15(16,14(20)21-2)10-7-12(19-13(17)8-10)9-3-5-11(18)6-4-9/h3-8H,1-2H3. The number of carbonyl (C=O) groups is 1. The topological polar surface area (TPSA) is 39.2 Å². The lowest BCUT2D eigenvalue weighted by molar-refractivity contribution is -0.143. The highest BCUT2D eigenvalue weighted by molar-refractivity contribution is 9.10. The van der Waals surface area contributed by atoms with Crippen molar-refractivity contribution < 1.29 is 13.9 Å². The van der Waals surface area contributed by atoms with Crippen LogP contribution in [0.2, 0.25) is 5.15 Å².